The second-order valence-corrected chi connectivity index (χ2v) is 2.05. The monoisotopic (exact) mass is 167 g/mol. The van der Waals surface area contributed by atoms with Crippen LogP contribution in [0.15, 0.2) is 18.2 Å². The number of hydrogen-bond acceptors (Lipinski definition) is 1. The molecule has 0 bridgehead atoms. The van der Waals surface area contributed by atoms with E-state index in [-0.39, 0.29) is 5.69 Å². The Morgan fingerprint density at radius 1 is 1.33 bits per heavy atom. The molecule has 1 rings (SSSR count). The second-order valence-electron chi connectivity index (χ2n) is 2.05. The Kier molecular flexibility index (Phi) is 4.62. The highest BCUT2D eigenvalue weighted by molar-refractivity contribution is 5.46. The summed E-state index contributed by atoms with van der Waals surface area (Å²) < 4.78 is 12.6. The zero-order valence-electron chi connectivity index (χ0n) is 7.50. The Labute approximate surface area is 71.7 Å². The van der Waals surface area contributed by atoms with Crippen molar-refractivity contribution in [2.75, 3.05) is 0 Å². The van der Waals surface area contributed by atoms with E-state index in [1.54, 1.807) is 13.0 Å². The Morgan fingerprint density at radius 3 is 2.33 bits per heavy atom. The van der Waals surface area contributed by atoms with Crippen LogP contribution in [-0.2, 0) is 0 Å². The third kappa shape index (κ3) is 2.67. The van der Waals surface area contributed by atoms with Gasteiger partial charge < -0.3 is 0 Å². The molecule has 0 atom stereocenters. The van der Waals surface area contributed by atoms with Crippen LogP contribution in [0.3, 0.4) is 0 Å². The zero-order chi connectivity index (χ0) is 9.56. The van der Waals surface area contributed by atoms with Gasteiger partial charge in [0.2, 0.25) is 11.2 Å². The Bertz CT molecular complexity index is 289. The fourth-order valence-electron chi connectivity index (χ4n) is 0.693. The summed E-state index contributed by atoms with van der Waals surface area (Å²) in [4.78, 5) is 2.74. The summed E-state index contributed by atoms with van der Waals surface area (Å²) in [6.45, 7) is 5.77. The molecule has 0 aliphatic rings. The van der Waals surface area contributed by atoms with Crippen LogP contribution in [0.25, 0.3) is 4.98 Å². The van der Waals surface area contributed by atoms with Crippen molar-refractivity contribution in [3.8, 4) is 0 Å². The molecule has 3 heteroatoms. The van der Waals surface area contributed by atoms with E-state index in [4.69, 9.17) is 5.39 Å². The van der Waals surface area contributed by atoms with Gasteiger partial charge in [-0.25, -0.2) is 0 Å². The van der Waals surface area contributed by atoms with E-state index in [9.17, 15) is 4.39 Å². The predicted molar refractivity (Wildman–Crippen MR) is 47.2 cm³/mol. The summed E-state index contributed by atoms with van der Waals surface area (Å²) in [6.07, 6.45) is 0. The minimum absolute atomic E-state index is 0.0226. The van der Waals surface area contributed by atoms with E-state index in [1.165, 1.54) is 12.1 Å². The van der Waals surface area contributed by atoms with Gasteiger partial charge >= 0.3 is 5.69 Å². The first-order valence-electron chi connectivity index (χ1n) is 3.85. The molecule has 0 fully saturated rings. The van der Waals surface area contributed by atoms with E-state index in [2.05, 4.69) is 4.98 Å². The first-order chi connectivity index (χ1) is 5.74. The molecule has 0 aromatic heterocycles. The third-order valence-electron chi connectivity index (χ3n) is 1.21. The molecule has 0 spiro atoms. The molecule has 0 amide bonds. The van der Waals surface area contributed by atoms with Crippen molar-refractivity contribution in [2.24, 2.45) is 0 Å². The summed E-state index contributed by atoms with van der Waals surface area (Å²) in [5, 5.41) is 8.19. The van der Waals surface area contributed by atoms with Gasteiger partial charge in [-0.2, -0.15) is 4.39 Å². The lowest BCUT2D eigenvalue weighted by atomic mass is 10.2. The lowest BCUT2D eigenvalue weighted by molar-refractivity contribution is 0.632. The summed E-state index contributed by atoms with van der Waals surface area (Å²) in [5.74, 6) is -0.498. The predicted octanol–water partition coefficient (Wildman–Crippen LogP) is 3.64. The van der Waals surface area contributed by atoms with Crippen molar-refractivity contribution in [3.63, 3.8) is 0 Å². The lowest BCUT2D eigenvalue weighted by Crippen LogP contribution is -1.75. The molecule has 0 radical (unpaired) electrons. The number of nitrogens with zero attached hydrogens (tertiary/aromatic N) is 2. The molecule has 1 aromatic rings. The summed E-state index contributed by atoms with van der Waals surface area (Å²) >= 11 is 0. The molecule has 0 aliphatic carbocycles. The maximum Gasteiger partial charge on any atom is 0.420 e. The molecule has 12 heavy (non-hydrogen) atoms. The number of rotatable bonds is 0. The molecule has 2 nitrogen and oxygen atoms in total. The van der Waals surface area contributed by atoms with E-state index in [0.717, 1.165) is 5.56 Å². The highest BCUT2D eigenvalue weighted by atomic mass is 19.1. The van der Waals surface area contributed by atoms with Gasteiger partial charge in [0.25, 0.3) is 0 Å². The topological polar surface area (TPSA) is 28.1 Å². The second kappa shape index (κ2) is 5.25. The maximum absolute atomic E-state index is 12.6. The fraction of sp³-hybridized carbons (Fsp3) is 0.333. The van der Waals surface area contributed by atoms with E-state index >= 15 is 0 Å². The van der Waals surface area contributed by atoms with Gasteiger partial charge in [0.1, 0.15) is 0 Å². The van der Waals surface area contributed by atoms with E-state index < -0.39 is 5.82 Å². The molecular weight excluding hydrogens is 155 g/mol. The number of aryl methyl sites for hydroxylation is 1. The average molecular weight is 167 g/mol. The summed E-state index contributed by atoms with van der Waals surface area (Å²) in [7, 11) is 0. The number of diazo groups is 1. The van der Waals surface area contributed by atoms with Crippen molar-refractivity contribution in [1.82, 2.24) is 0 Å². The molecule has 0 unspecified atom stereocenters. The quantitative estimate of drug-likeness (QED) is 0.542. The number of hydrogen-bond donors (Lipinski definition) is 0. The van der Waals surface area contributed by atoms with Crippen molar-refractivity contribution >= 4 is 5.69 Å². The van der Waals surface area contributed by atoms with Crippen LogP contribution in [0.1, 0.15) is 19.4 Å². The number of halogens is 1. The SMILES string of the molecule is CC.Cc1ccc([N+]#N)c(F)c1. The normalized spacial score (nSPS) is 7.92. The standard InChI is InChI=1S/C7H6FN2.C2H6/c1-5-2-3-7(10-9)6(8)4-5;1-2/h2-4H,1H3;1-2H3/q+1;. The molecule has 64 valence electrons. The Balaban J connectivity index is 0.000000561. The first-order valence-corrected chi connectivity index (χ1v) is 3.85. The van der Waals surface area contributed by atoms with Crippen LogP contribution in [0, 0.1) is 18.1 Å². The van der Waals surface area contributed by atoms with Gasteiger partial charge in [0.05, 0.1) is 0 Å². The molecule has 0 N–H and O–H groups in total. The summed E-state index contributed by atoms with van der Waals surface area (Å²) in [5.41, 5.74) is 0.788. The molecular formula is C9H12FN2+. The molecule has 0 aliphatic heterocycles. The zero-order valence-corrected chi connectivity index (χ0v) is 7.50. The third-order valence-corrected chi connectivity index (χ3v) is 1.21. The lowest BCUT2D eigenvalue weighted by Gasteiger charge is -1.85. The highest BCUT2D eigenvalue weighted by Crippen LogP contribution is 2.17. The van der Waals surface area contributed by atoms with Gasteiger partial charge in [-0.3, -0.25) is 0 Å². The Hall–Kier alpha value is -1.43. The smallest absolute Gasteiger partial charge is 0.198 e. The largest absolute Gasteiger partial charge is 0.420 e. The van der Waals surface area contributed by atoms with Crippen molar-refractivity contribution < 1.29 is 4.39 Å². The first kappa shape index (κ1) is 10.6. The van der Waals surface area contributed by atoms with Crippen LogP contribution in [0.4, 0.5) is 10.1 Å². The van der Waals surface area contributed by atoms with Gasteiger partial charge in [0.15, 0.2) is 4.98 Å². The van der Waals surface area contributed by atoms with Crippen LogP contribution >= 0.6 is 0 Å². The summed E-state index contributed by atoms with van der Waals surface area (Å²) in [6, 6.07) is 4.41. The van der Waals surface area contributed by atoms with Gasteiger partial charge in [0, 0.05) is 6.07 Å². The molecule has 0 saturated heterocycles. The van der Waals surface area contributed by atoms with Gasteiger partial charge in [-0.05, 0) is 18.6 Å². The Morgan fingerprint density at radius 2 is 1.92 bits per heavy atom. The van der Waals surface area contributed by atoms with Crippen LogP contribution in [0.5, 0.6) is 0 Å². The van der Waals surface area contributed by atoms with Crippen LogP contribution in [0.2, 0.25) is 0 Å². The van der Waals surface area contributed by atoms with Crippen LogP contribution in [-0.4, -0.2) is 0 Å². The van der Waals surface area contributed by atoms with Crippen LogP contribution < -0.4 is 0 Å². The van der Waals surface area contributed by atoms with E-state index in [0.29, 0.717) is 0 Å². The molecule has 0 saturated carbocycles. The number of benzene rings is 1. The van der Waals surface area contributed by atoms with Gasteiger partial charge in [-0.1, -0.05) is 19.9 Å². The van der Waals surface area contributed by atoms with Gasteiger partial charge in [-0.15, -0.1) is 0 Å². The van der Waals surface area contributed by atoms with E-state index in [1.807, 2.05) is 13.8 Å². The highest BCUT2D eigenvalue weighted by Gasteiger charge is 2.11. The minimum atomic E-state index is -0.498. The molecule has 1 aromatic carbocycles. The fourth-order valence-corrected chi connectivity index (χ4v) is 0.693. The maximum atomic E-state index is 12.6. The average Bonchev–Trinajstić information content (AvgIpc) is 2.08. The van der Waals surface area contributed by atoms with Crippen molar-refractivity contribution in [1.29, 1.82) is 5.39 Å². The minimum Gasteiger partial charge on any atom is -0.198 e. The van der Waals surface area contributed by atoms with Crippen molar-refractivity contribution in [2.45, 2.75) is 20.8 Å². The molecule has 0 heterocycles. The van der Waals surface area contributed by atoms with Crippen molar-refractivity contribution in [3.05, 3.63) is 34.6 Å².